The van der Waals surface area contributed by atoms with Crippen LogP contribution in [0.2, 0.25) is 0 Å². The lowest BCUT2D eigenvalue weighted by molar-refractivity contribution is 0.0983. The summed E-state index contributed by atoms with van der Waals surface area (Å²) in [6, 6.07) is 4.91. The van der Waals surface area contributed by atoms with Gasteiger partial charge in [0, 0.05) is 30.1 Å². The molecular weight excluding hydrogens is 342 g/mol. The summed E-state index contributed by atoms with van der Waals surface area (Å²) in [6.07, 6.45) is 1.44. The highest BCUT2D eigenvalue weighted by molar-refractivity contribution is 7.14. The van der Waals surface area contributed by atoms with Crippen molar-refractivity contribution in [2.45, 2.75) is 25.8 Å². The van der Waals surface area contributed by atoms with Gasteiger partial charge in [-0.2, -0.15) is 0 Å². The lowest BCUT2D eigenvalue weighted by atomic mass is 10.1. The molecule has 0 bridgehead atoms. The molecule has 1 aromatic carbocycles. The maximum atomic E-state index is 11.7. The third kappa shape index (κ3) is 4.14. The van der Waals surface area contributed by atoms with Crippen LogP contribution >= 0.6 is 11.3 Å². The molecule has 1 aromatic heterocycles. The van der Waals surface area contributed by atoms with E-state index < -0.39 is 0 Å². The van der Waals surface area contributed by atoms with Crippen molar-refractivity contribution in [1.29, 1.82) is 0 Å². The summed E-state index contributed by atoms with van der Waals surface area (Å²) in [7, 11) is 0. The first-order chi connectivity index (χ1) is 12.1. The monoisotopic (exact) mass is 363 g/mol. The molecule has 25 heavy (non-hydrogen) atoms. The van der Waals surface area contributed by atoms with Gasteiger partial charge in [0.2, 0.25) is 0 Å². The van der Waals surface area contributed by atoms with Gasteiger partial charge < -0.3 is 25.2 Å². The number of phenols is 2. The van der Waals surface area contributed by atoms with E-state index in [4.69, 9.17) is 4.74 Å². The average Bonchev–Trinajstić information content (AvgIpc) is 3.07. The fourth-order valence-corrected chi connectivity index (χ4v) is 3.55. The summed E-state index contributed by atoms with van der Waals surface area (Å²) < 4.78 is 5.02. The third-order valence-corrected chi connectivity index (χ3v) is 4.90. The maximum absolute atomic E-state index is 11.7. The number of thiazole rings is 1. The number of hydrogen-bond donors (Lipinski definition) is 3. The standard InChI is InChI=1S/C17H21N3O4S/c1-2-24-17(23)20-7-5-12(6-8-20)18-16-19-13(10-25-16)11-3-4-14(21)15(22)9-11/h3-4,9-10,12,21-22H,2,5-8H2,1H3,(H,18,19). The Bertz CT molecular complexity index is 741. The number of ether oxygens (including phenoxy) is 1. The van der Waals surface area contributed by atoms with E-state index in [1.165, 1.54) is 23.5 Å². The molecule has 0 unspecified atom stereocenters. The van der Waals surface area contributed by atoms with E-state index in [0.29, 0.717) is 19.7 Å². The molecule has 8 heteroatoms. The predicted molar refractivity (Wildman–Crippen MR) is 96.1 cm³/mol. The van der Waals surface area contributed by atoms with Crippen LogP contribution in [0.25, 0.3) is 11.3 Å². The van der Waals surface area contributed by atoms with Crippen LogP contribution in [0, 0.1) is 0 Å². The molecule has 1 amide bonds. The predicted octanol–water partition coefficient (Wildman–Crippen LogP) is 3.25. The van der Waals surface area contributed by atoms with Crippen molar-refractivity contribution in [3.8, 4) is 22.8 Å². The molecule has 1 saturated heterocycles. The van der Waals surface area contributed by atoms with E-state index in [1.807, 2.05) is 5.38 Å². The average molecular weight is 363 g/mol. The molecule has 1 fully saturated rings. The topological polar surface area (TPSA) is 94.9 Å². The summed E-state index contributed by atoms with van der Waals surface area (Å²) in [4.78, 5) is 18.0. The number of carbonyl (C=O) groups is 1. The normalized spacial score (nSPS) is 15.2. The number of rotatable bonds is 4. The lowest BCUT2D eigenvalue weighted by Crippen LogP contribution is -2.42. The molecule has 3 rings (SSSR count). The first kappa shape index (κ1) is 17.3. The summed E-state index contributed by atoms with van der Waals surface area (Å²) >= 11 is 1.49. The lowest BCUT2D eigenvalue weighted by Gasteiger charge is -2.31. The van der Waals surface area contributed by atoms with Gasteiger partial charge >= 0.3 is 6.09 Å². The van der Waals surface area contributed by atoms with Crippen LogP contribution in [0.3, 0.4) is 0 Å². The van der Waals surface area contributed by atoms with Gasteiger partial charge in [0.25, 0.3) is 0 Å². The Morgan fingerprint density at radius 3 is 2.80 bits per heavy atom. The number of phenolic OH excluding ortho intramolecular Hbond substituents is 2. The minimum Gasteiger partial charge on any atom is -0.504 e. The number of carbonyl (C=O) groups excluding carboxylic acids is 1. The highest BCUT2D eigenvalue weighted by atomic mass is 32.1. The zero-order chi connectivity index (χ0) is 17.8. The number of aromatic nitrogens is 1. The highest BCUT2D eigenvalue weighted by Crippen LogP contribution is 2.32. The molecule has 134 valence electrons. The summed E-state index contributed by atoms with van der Waals surface area (Å²) in [5, 5.41) is 25.1. The van der Waals surface area contributed by atoms with Crippen LogP contribution in [0.4, 0.5) is 9.93 Å². The largest absolute Gasteiger partial charge is 0.504 e. The van der Waals surface area contributed by atoms with E-state index in [1.54, 1.807) is 17.9 Å². The fraction of sp³-hybridized carbons (Fsp3) is 0.412. The van der Waals surface area contributed by atoms with Gasteiger partial charge in [-0.15, -0.1) is 11.3 Å². The van der Waals surface area contributed by atoms with Gasteiger partial charge in [0.15, 0.2) is 16.6 Å². The Balaban J connectivity index is 1.57. The molecule has 0 aliphatic carbocycles. The number of benzene rings is 1. The molecule has 0 atom stereocenters. The van der Waals surface area contributed by atoms with Gasteiger partial charge in [-0.1, -0.05) is 0 Å². The summed E-state index contributed by atoms with van der Waals surface area (Å²) in [5.41, 5.74) is 1.49. The molecule has 3 N–H and O–H groups in total. The van der Waals surface area contributed by atoms with Crippen molar-refractivity contribution in [3.63, 3.8) is 0 Å². The molecule has 1 aliphatic heterocycles. The van der Waals surface area contributed by atoms with Gasteiger partial charge in [-0.05, 0) is 38.0 Å². The molecule has 0 spiro atoms. The molecule has 2 heterocycles. The quantitative estimate of drug-likeness (QED) is 0.722. The number of hydrogen-bond acceptors (Lipinski definition) is 7. The van der Waals surface area contributed by atoms with Crippen molar-refractivity contribution in [2.75, 3.05) is 25.0 Å². The minimum absolute atomic E-state index is 0.148. The number of anilines is 1. The Morgan fingerprint density at radius 2 is 2.12 bits per heavy atom. The number of likely N-dealkylation sites (tertiary alicyclic amines) is 1. The van der Waals surface area contributed by atoms with Crippen molar-refractivity contribution >= 4 is 22.6 Å². The van der Waals surface area contributed by atoms with Crippen LogP contribution in [-0.2, 0) is 4.74 Å². The molecule has 1 aliphatic rings. The van der Waals surface area contributed by atoms with Gasteiger partial charge in [0.1, 0.15) is 0 Å². The summed E-state index contributed by atoms with van der Waals surface area (Å²) in [6.45, 7) is 3.53. The molecular formula is C17H21N3O4S. The van der Waals surface area contributed by atoms with Crippen molar-refractivity contribution in [1.82, 2.24) is 9.88 Å². The summed E-state index contributed by atoms with van der Waals surface area (Å²) in [5.74, 6) is -0.308. The zero-order valence-electron chi connectivity index (χ0n) is 13.9. The number of piperidine rings is 1. The second-order valence-electron chi connectivity index (χ2n) is 5.85. The van der Waals surface area contributed by atoms with Crippen molar-refractivity contribution in [3.05, 3.63) is 23.6 Å². The van der Waals surface area contributed by atoms with Crippen LogP contribution < -0.4 is 5.32 Å². The Kier molecular flexibility index (Phi) is 5.28. The maximum Gasteiger partial charge on any atom is 0.409 e. The van der Waals surface area contributed by atoms with Crippen molar-refractivity contribution < 1.29 is 19.7 Å². The van der Waals surface area contributed by atoms with E-state index in [9.17, 15) is 15.0 Å². The Hall–Kier alpha value is -2.48. The van der Waals surface area contributed by atoms with E-state index >= 15 is 0 Å². The third-order valence-electron chi connectivity index (χ3n) is 4.12. The first-order valence-electron chi connectivity index (χ1n) is 8.23. The minimum atomic E-state index is -0.246. The molecule has 2 aromatic rings. The zero-order valence-corrected chi connectivity index (χ0v) is 14.8. The first-order valence-corrected chi connectivity index (χ1v) is 9.11. The van der Waals surface area contributed by atoms with Crippen LogP contribution in [0.5, 0.6) is 11.5 Å². The van der Waals surface area contributed by atoms with E-state index in [0.717, 1.165) is 29.2 Å². The highest BCUT2D eigenvalue weighted by Gasteiger charge is 2.24. The molecule has 7 nitrogen and oxygen atoms in total. The van der Waals surface area contributed by atoms with E-state index in [2.05, 4.69) is 10.3 Å². The number of nitrogens with zero attached hydrogens (tertiary/aromatic N) is 2. The Labute approximate surface area is 149 Å². The second kappa shape index (κ2) is 7.60. The van der Waals surface area contributed by atoms with Crippen LogP contribution in [0.1, 0.15) is 19.8 Å². The SMILES string of the molecule is CCOC(=O)N1CCC(Nc2nc(-c3ccc(O)c(O)c3)cs2)CC1. The fourth-order valence-electron chi connectivity index (χ4n) is 2.75. The van der Waals surface area contributed by atoms with Crippen LogP contribution in [-0.4, -0.2) is 51.9 Å². The molecule has 0 radical (unpaired) electrons. The van der Waals surface area contributed by atoms with Gasteiger partial charge in [-0.3, -0.25) is 0 Å². The van der Waals surface area contributed by atoms with E-state index in [-0.39, 0.29) is 23.6 Å². The van der Waals surface area contributed by atoms with Gasteiger partial charge in [-0.25, -0.2) is 9.78 Å². The Morgan fingerprint density at radius 1 is 1.36 bits per heavy atom. The molecule has 0 saturated carbocycles. The van der Waals surface area contributed by atoms with Gasteiger partial charge in [0.05, 0.1) is 12.3 Å². The number of nitrogens with one attached hydrogen (secondary N) is 1. The second-order valence-corrected chi connectivity index (χ2v) is 6.70. The number of amides is 1. The van der Waals surface area contributed by atoms with Crippen molar-refractivity contribution in [2.24, 2.45) is 0 Å². The number of aromatic hydroxyl groups is 2. The smallest absolute Gasteiger partial charge is 0.409 e. The van der Waals surface area contributed by atoms with Crippen LogP contribution in [0.15, 0.2) is 23.6 Å².